The molecule has 1 heterocycles. The third-order valence-electron chi connectivity index (χ3n) is 9.94. The first-order valence-electron chi connectivity index (χ1n) is 21.0. The van der Waals surface area contributed by atoms with Gasteiger partial charge in [0.1, 0.15) is 6.10 Å². The molecule has 0 saturated carbocycles. The topological polar surface area (TPSA) is 154 Å². The van der Waals surface area contributed by atoms with Crippen molar-refractivity contribution in [2.24, 2.45) is 5.73 Å². The summed E-state index contributed by atoms with van der Waals surface area (Å²) in [6.45, 7) is 9.33. The molecule has 9 heteroatoms. The van der Waals surface area contributed by atoms with Crippen molar-refractivity contribution in [3.8, 4) is 0 Å². The molecule has 7 N–H and O–H groups in total. The van der Waals surface area contributed by atoms with Crippen molar-refractivity contribution in [2.45, 2.75) is 244 Å². The third-order valence-corrected chi connectivity index (χ3v) is 9.94. The molecule has 0 radical (unpaired) electrons. The number of hydrogen-bond donors (Lipinski definition) is 6. The summed E-state index contributed by atoms with van der Waals surface area (Å²) in [7, 11) is 0. The highest BCUT2D eigenvalue weighted by Gasteiger charge is 2.44. The molecule has 0 aromatic carbocycles. The first-order chi connectivity index (χ1) is 24.0. The van der Waals surface area contributed by atoms with Crippen molar-refractivity contribution in [3.63, 3.8) is 0 Å². The largest absolute Gasteiger partial charge is 0.395 e. The Kier molecular flexibility index (Phi) is 32.3. The van der Waals surface area contributed by atoms with Crippen molar-refractivity contribution in [1.29, 1.82) is 0 Å². The number of aliphatic hydroxyl groups is 4. The smallest absolute Gasteiger partial charge is 0.217 e. The van der Waals surface area contributed by atoms with E-state index >= 15 is 0 Å². The Morgan fingerprint density at radius 1 is 0.660 bits per heavy atom. The Hall–Kier alpha value is -0.810. The maximum Gasteiger partial charge on any atom is 0.217 e. The van der Waals surface area contributed by atoms with E-state index in [-0.39, 0.29) is 31.3 Å². The summed E-state index contributed by atoms with van der Waals surface area (Å²) in [5.74, 6) is -0.824. The summed E-state index contributed by atoms with van der Waals surface area (Å²) in [6.07, 6.45) is 30.5. The van der Waals surface area contributed by atoms with Crippen LogP contribution in [0, 0.1) is 0 Å². The number of amides is 1. The zero-order valence-electron chi connectivity index (χ0n) is 33.4. The van der Waals surface area contributed by atoms with Crippen molar-refractivity contribution >= 4 is 5.91 Å². The van der Waals surface area contributed by atoms with Crippen LogP contribution in [0.4, 0.5) is 0 Å². The van der Waals surface area contributed by atoms with Crippen LogP contribution in [0.1, 0.15) is 202 Å². The number of aliphatic hydroxyl groups excluding tert-OH is 4. The van der Waals surface area contributed by atoms with Crippen LogP contribution in [-0.2, 0) is 14.3 Å². The zero-order valence-corrected chi connectivity index (χ0v) is 33.4. The number of carbonyl (C=O) groups is 1. The van der Waals surface area contributed by atoms with Crippen LogP contribution >= 0.6 is 0 Å². The molecule has 9 nitrogen and oxygen atoms in total. The van der Waals surface area contributed by atoms with Crippen LogP contribution in [0.3, 0.4) is 0 Å². The lowest BCUT2D eigenvalue weighted by Gasteiger charge is -2.25. The van der Waals surface area contributed by atoms with Gasteiger partial charge in [-0.3, -0.25) is 4.79 Å². The molecule has 1 aliphatic rings. The van der Waals surface area contributed by atoms with E-state index in [2.05, 4.69) is 19.2 Å². The minimum Gasteiger partial charge on any atom is -0.395 e. The van der Waals surface area contributed by atoms with Gasteiger partial charge in [-0.2, -0.15) is 0 Å². The highest BCUT2D eigenvalue weighted by molar-refractivity contribution is 5.73. The van der Waals surface area contributed by atoms with Gasteiger partial charge in [-0.25, -0.2) is 0 Å². The van der Waals surface area contributed by atoms with Gasteiger partial charge in [0.2, 0.25) is 5.91 Å². The van der Waals surface area contributed by atoms with Crippen LogP contribution in [0.25, 0.3) is 0 Å². The Morgan fingerprint density at radius 3 is 1.44 bits per heavy atom. The molecule has 1 fully saturated rings. The number of unbranched alkanes of at least 4 members (excludes halogenated alkanes) is 22. The van der Waals surface area contributed by atoms with Gasteiger partial charge < -0.3 is 41.0 Å². The van der Waals surface area contributed by atoms with Crippen molar-refractivity contribution < 1.29 is 34.7 Å². The number of rotatable bonds is 32. The number of carbonyl (C=O) groups excluding carboxylic acids is 1. The lowest BCUT2D eigenvalue weighted by molar-refractivity contribution is -0.151. The molecule has 0 spiro atoms. The van der Waals surface area contributed by atoms with Crippen molar-refractivity contribution in [2.75, 3.05) is 13.2 Å². The van der Waals surface area contributed by atoms with Gasteiger partial charge in [-0.05, 0) is 26.7 Å². The van der Waals surface area contributed by atoms with Crippen molar-refractivity contribution in [3.05, 3.63) is 0 Å². The van der Waals surface area contributed by atoms with E-state index in [0.29, 0.717) is 6.42 Å². The normalized spacial score (nSPS) is 19.4. The molecular weight excluding hydrogens is 632 g/mol. The average molecular weight is 717 g/mol. The molecule has 0 aliphatic carbocycles. The maximum absolute atomic E-state index is 11.4. The molecule has 50 heavy (non-hydrogen) atoms. The molecule has 1 aliphatic heterocycles. The van der Waals surface area contributed by atoms with E-state index in [4.69, 9.17) is 20.3 Å². The summed E-state index contributed by atoms with van der Waals surface area (Å²) in [4.78, 5) is 11.4. The number of nitrogens with one attached hydrogen (secondary N) is 1. The highest BCUT2D eigenvalue weighted by Crippen LogP contribution is 2.33. The average Bonchev–Trinajstić information content (AvgIpc) is 3.40. The monoisotopic (exact) mass is 717 g/mol. The Bertz CT molecular complexity index is 756. The second kappa shape index (κ2) is 32.8. The first-order valence-corrected chi connectivity index (χ1v) is 21.0. The van der Waals surface area contributed by atoms with Crippen LogP contribution < -0.4 is 11.1 Å². The molecule has 300 valence electrons. The zero-order chi connectivity index (χ0) is 37.5. The molecule has 1 rings (SSSR count). The first kappa shape index (κ1) is 49.2. The fourth-order valence-electron chi connectivity index (χ4n) is 6.87. The van der Waals surface area contributed by atoms with Crippen LogP contribution in [0.2, 0.25) is 0 Å². The predicted octanol–water partition coefficient (Wildman–Crippen LogP) is 8.21. The van der Waals surface area contributed by atoms with Gasteiger partial charge in [-0.1, -0.05) is 168 Å². The van der Waals surface area contributed by atoms with E-state index in [1.54, 1.807) is 0 Å². The standard InChI is InChI=1S/C23H45NO4.C18H39NO3/c1-5-6-7-8-9-10-11-12-13-14-15-16-17-21-22(28-23(3,4)27-21)20(18-25)24-19(2)26;1-2-3-4-5-6-7-8-9-10-11-12-13-14-17(21)18(22)16(19)15-20/h20-22,25H,5-18H2,1-4H3,(H,24,26);16-18,20-22H,2-15,19H2,1H3/t20-,21+,22-;16-,17+,18-/m00/s1. The molecule has 0 aromatic rings. The fourth-order valence-corrected chi connectivity index (χ4v) is 6.87. The Labute approximate surface area is 308 Å². The summed E-state index contributed by atoms with van der Waals surface area (Å²) in [6, 6.07) is -1.16. The second-order valence-corrected chi connectivity index (χ2v) is 15.4. The number of hydrogen-bond acceptors (Lipinski definition) is 8. The second-order valence-electron chi connectivity index (χ2n) is 15.4. The summed E-state index contributed by atoms with van der Waals surface area (Å²) >= 11 is 0. The van der Waals surface area contributed by atoms with Gasteiger partial charge in [0.05, 0.1) is 43.6 Å². The van der Waals surface area contributed by atoms with Gasteiger partial charge in [0.15, 0.2) is 5.79 Å². The van der Waals surface area contributed by atoms with Crippen LogP contribution in [-0.4, -0.2) is 81.8 Å². The van der Waals surface area contributed by atoms with E-state index in [0.717, 1.165) is 25.7 Å². The van der Waals surface area contributed by atoms with Gasteiger partial charge in [0.25, 0.3) is 0 Å². The fraction of sp³-hybridized carbons (Fsp3) is 0.976. The Balaban J connectivity index is 0.000000991. The molecule has 1 amide bonds. The SMILES string of the molecule is CCCCCCCCCCCCCC[C@@H](O)[C@@H](O)[C@@H](N)CO.CCCCCCCCCCCCCC[C@H]1OC(C)(C)O[C@H]1[C@H](CO)NC(C)=O. The minimum absolute atomic E-state index is 0.0814. The van der Waals surface area contributed by atoms with E-state index in [1.807, 2.05) is 13.8 Å². The minimum atomic E-state index is -1.02. The molecular formula is C41H84N2O7. The molecule has 0 unspecified atom stereocenters. The van der Waals surface area contributed by atoms with Crippen molar-refractivity contribution in [1.82, 2.24) is 5.32 Å². The van der Waals surface area contributed by atoms with Crippen LogP contribution in [0.5, 0.6) is 0 Å². The van der Waals surface area contributed by atoms with E-state index < -0.39 is 30.1 Å². The Morgan fingerprint density at radius 2 is 1.06 bits per heavy atom. The third kappa shape index (κ3) is 26.9. The maximum atomic E-state index is 11.4. The number of nitrogens with two attached hydrogens (primary N) is 1. The quantitative estimate of drug-likeness (QED) is 0.0381. The van der Waals surface area contributed by atoms with Gasteiger partial charge >= 0.3 is 0 Å². The van der Waals surface area contributed by atoms with E-state index in [1.165, 1.54) is 142 Å². The lowest BCUT2D eigenvalue weighted by atomic mass is 9.99. The van der Waals surface area contributed by atoms with E-state index in [9.17, 15) is 20.1 Å². The van der Waals surface area contributed by atoms with Gasteiger partial charge in [0, 0.05) is 6.92 Å². The summed E-state index contributed by atoms with van der Waals surface area (Å²) < 4.78 is 12.0. The molecule has 6 atom stereocenters. The summed E-state index contributed by atoms with van der Waals surface area (Å²) in [5.41, 5.74) is 5.49. The molecule has 0 bridgehead atoms. The lowest BCUT2D eigenvalue weighted by Crippen LogP contribution is -2.49. The number of ether oxygens (including phenoxy) is 2. The molecule has 0 aromatic heterocycles. The van der Waals surface area contributed by atoms with Crippen LogP contribution in [0.15, 0.2) is 0 Å². The highest BCUT2D eigenvalue weighted by atomic mass is 16.8. The van der Waals surface area contributed by atoms with Gasteiger partial charge in [-0.15, -0.1) is 0 Å². The predicted molar refractivity (Wildman–Crippen MR) is 207 cm³/mol. The summed E-state index contributed by atoms with van der Waals surface area (Å²) in [5, 5.41) is 40.6. The molecule has 1 saturated heterocycles.